The van der Waals surface area contributed by atoms with Crippen LogP contribution in [0.15, 0.2) is 11.6 Å². The fourth-order valence-corrected chi connectivity index (χ4v) is 5.28. The predicted molar refractivity (Wildman–Crippen MR) is 86.8 cm³/mol. The molecule has 4 fully saturated rings. The van der Waals surface area contributed by atoms with Gasteiger partial charge in [-0.2, -0.15) is 0 Å². The van der Waals surface area contributed by atoms with Crippen LogP contribution in [-0.4, -0.2) is 72.7 Å². The van der Waals surface area contributed by atoms with Crippen molar-refractivity contribution in [3.05, 3.63) is 11.6 Å². The molecule has 0 spiro atoms. The summed E-state index contributed by atoms with van der Waals surface area (Å²) in [6.45, 7) is 8.99. The Labute approximate surface area is 130 Å². The van der Waals surface area contributed by atoms with Crippen LogP contribution in [0, 0.1) is 5.92 Å². The number of aromatic nitrogens is 1. The fourth-order valence-electron chi connectivity index (χ4n) is 4.58. The van der Waals surface area contributed by atoms with Crippen LogP contribution in [-0.2, 0) is 0 Å². The van der Waals surface area contributed by atoms with Crippen molar-refractivity contribution in [1.82, 2.24) is 14.8 Å². The summed E-state index contributed by atoms with van der Waals surface area (Å²) in [4.78, 5) is 12.2. The molecule has 0 aromatic carbocycles. The SMILES string of the molecule is NCC1(N2CCN(c3nccs3)CC2)CN2CCC1CC2. The van der Waals surface area contributed by atoms with Crippen LogP contribution in [0.2, 0.25) is 0 Å². The van der Waals surface area contributed by atoms with Gasteiger partial charge in [0.15, 0.2) is 5.13 Å². The van der Waals surface area contributed by atoms with Crippen LogP contribution in [0.1, 0.15) is 12.8 Å². The molecule has 5 heterocycles. The molecule has 0 saturated carbocycles. The minimum atomic E-state index is 0.242. The molecule has 6 heteroatoms. The van der Waals surface area contributed by atoms with E-state index in [1.54, 1.807) is 11.3 Å². The number of anilines is 1. The van der Waals surface area contributed by atoms with Crippen molar-refractivity contribution in [2.75, 3.05) is 57.3 Å². The molecule has 0 radical (unpaired) electrons. The number of hydrogen-bond donors (Lipinski definition) is 1. The monoisotopic (exact) mass is 307 g/mol. The first-order valence-corrected chi connectivity index (χ1v) is 9.02. The van der Waals surface area contributed by atoms with Gasteiger partial charge in [-0.15, -0.1) is 11.3 Å². The van der Waals surface area contributed by atoms with Crippen molar-refractivity contribution >= 4 is 16.5 Å². The van der Waals surface area contributed by atoms with E-state index in [2.05, 4.69) is 25.1 Å². The van der Waals surface area contributed by atoms with Gasteiger partial charge in [-0.1, -0.05) is 0 Å². The predicted octanol–water partition coefficient (Wildman–Crippen LogP) is 0.688. The molecule has 2 N–H and O–H groups in total. The quantitative estimate of drug-likeness (QED) is 0.890. The molecule has 4 saturated heterocycles. The number of thiazole rings is 1. The van der Waals surface area contributed by atoms with Crippen molar-refractivity contribution in [3.63, 3.8) is 0 Å². The van der Waals surface area contributed by atoms with Crippen molar-refractivity contribution in [3.8, 4) is 0 Å². The van der Waals surface area contributed by atoms with Crippen LogP contribution in [0.25, 0.3) is 0 Å². The van der Waals surface area contributed by atoms with Crippen LogP contribution in [0.4, 0.5) is 5.13 Å². The zero-order valence-electron chi connectivity index (χ0n) is 12.6. The molecular formula is C15H25N5S. The zero-order chi connectivity index (χ0) is 14.3. The second-order valence-corrected chi connectivity index (χ2v) is 7.52. The van der Waals surface area contributed by atoms with E-state index in [0.717, 1.165) is 38.6 Å². The van der Waals surface area contributed by atoms with E-state index in [1.165, 1.54) is 37.6 Å². The van der Waals surface area contributed by atoms with Gasteiger partial charge in [0.2, 0.25) is 0 Å². The first kappa shape index (κ1) is 13.9. The molecule has 5 nitrogen and oxygen atoms in total. The number of piperazine rings is 1. The van der Waals surface area contributed by atoms with E-state index in [9.17, 15) is 0 Å². The topological polar surface area (TPSA) is 48.6 Å². The highest BCUT2D eigenvalue weighted by Gasteiger charge is 2.49. The number of rotatable bonds is 3. The molecule has 4 aliphatic rings. The first-order chi connectivity index (χ1) is 10.3. The number of fused-ring (bicyclic) bond motifs is 3. The Bertz CT molecular complexity index is 462. The van der Waals surface area contributed by atoms with Crippen molar-refractivity contribution < 1.29 is 0 Å². The third-order valence-electron chi connectivity index (χ3n) is 5.80. The molecule has 1 unspecified atom stereocenters. The molecule has 0 aliphatic carbocycles. The minimum absolute atomic E-state index is 0.242. The Balaban J connectivity index is 1.47. The lowest BCUT2D eigenvalue weighted by Crippen LogP contribution is -2.72. The van der Waals surface area contributed by atoms with Crippen molar-refractivity contribution in [1.29, 1.82) is 0 Å². The molecule has 2 bridgehead atoms. The average Bonchev–Trinajstić information content (AvgIpc) is 3.10. The lowest BCUT2D eigenvalue weighted by molar-refractivity contribution is -0.0690. The molecule has 1 aromatic heterocycles. The smallest absolute Gasteiger partial charge is 0.185 e. The highest BCUT2D eigenvalue weighted by Crippen LogP contribution is 2.39. The highest BCUT2D eigenvalue weighted by atomic mass is 32.1. The van der Waals surface area contributed by atoms with Crippen LogP contribution < -0.4 is 10.6 Å². The standard InChI is InChI=1S/C15H25N5S/c16-11-15(12-18-4-1-13(15)2-5-18)20-8-6-19(7-9-20)14-17-3-10-21-14/h3,10,13H,1-2,4-9,11-12,16H2. The molecule has 116 valence electrons. The van der Waals surface area contributed by atoms with Crippen molar-refractivity contribution in [2.45, 2.75) is 18.4 Å². The molecule has 1 atom stereocenters. The summed E-state index contributed by atoms with van der Waals surface area (Å²) >= 11 is 1.75. The Morgan fingerprint density at radius 1 is 1.19 bits per heavy atom. The van der Waals surface area contributed by atoms with Gasteiger partial charge in [0.25, 0.3) is 0 Å². The van der Waals surface area contributed by atoms with Crippen LogP contribution >= 0.6 is 11.3 Å². The maximum Gasteiger partial charge on any atom is 0.185 e. The number of hydrogen-bond acceptors (Lipinski definition) is 6. The van der Waals surface area contributed by atoms with Gasteiger partial charge in [0.05, 0.1) is 0 Å². The van der Waals surface area contributed by atoms with Gasteiger partial charge in [-0.05, 0) is 31.8 Å². The van der Waals surface area contributed by atoms with Crippen LogP contribution in [0.5, 0.6) is 0 Å². The van der Waals surface area contributed by atoms with E-state index < -0.39 is 0 Å². The molecule has 1 aromatic rings. The van der Waals surface area contributed by atoms with E-state index >= 15 is 0 Å². The van der Waals surface area contributed by atoms with Gasteiger partial charge < -0.3 is 15.5 Å². The second kappa shape index (κ2) is 5.50. The average molecular weight is 307 g/mol. The summed E-state index contributed by atoms with van der Waals surface area (Å²) in [6, 6.07) is 0. The number of nitrogens with zero attached hydrogens (tertiary/aromatic N) is 4. The van der Waals surface area contributed by atoms with Gasteiger partial charge in [0, 0.05) is 56.4 Å². The van der Waals surface area contributed by atoms with Gasteiger partial charge in [-0.3, -0.25) is 4.90 Å². The Hall–Kier alpha value is -0.690. The van der Waals surface area contributed by atoms with E-state index in [4.69, 9.17) is 5.73 Å². The van der Waals surface area contributed by atoms with Gasteiger partial charge in [0.1, 0.15) is 0 Å². The lowest BCUT2D eigenvalue weighted by atomic mass is 9.71. The third-order valence-corrected chi connectivity index (χ3v) is 6.63. The second-order valence-electron chi connectivity index (χ2n) is 6.65. The third kappa shape index (κ3) is 2.29. The maximum atomic E-state index is 6.29. The fraction of sp³-hybridized carbons (Fsp3) is 0.800. The molecule has 0 amide bonds. The summed E-state index contributed by atoms with van der Waals surface area (Å²) in [5.74, 6) is 0.805. The molecule has 4 aliphatic heterocycles. The Morgan fingerprint density at radius 3 is 2.48 bits per heavy atom. The highest BCUT2D eigenvalue weighted by molar-refractivity contribution is 7.13. The van der Waals surface area contributed by atoms with E-state index in [-0.39, 0.29) is 5.54 Å². The summed E-state index contributed by atoms with van der Waals surface area (Å²) in [5, 5.41) is 3.24. The summed E-state index contributed by atoms with van der Waals surface area (Å²) in [7, 11) is 0. The van der Waals surface area contributed by atoms with Gasteiger partial charge in [-0.25, -0.2) is 4.98 Å². The Kier molecular flexibility index (Phi) is 3.65. The summed E-state index contributed by atoms with van der Waals surface area (Å²) in [5.41, 5.74) is 6.53. The number of nitrogens with two attached hydrogens (primary N) is 1. The van der Waals surface area contributed by atoms with E-state index in [0.29, 0.717) is 0 Å². The van der Waals surface area contributed by atoms with Crippen LogP contribution in [0.3, 0.4) is 0 Å². The molecular weight excluding hydrogens is 282 g/mol. The van der Waals surface area contributed by atoms with E-state index in [1.807, 2.05) is 6.20 Å². The zero-order valence-corrected chi connectivity index (χ0v) is 13.4. The lowest BCUT2D eigenvalue weighted by Gasteiger charge is -2.59. The normalized spacial score (nSPS) is 37.1. The number of piperidine rings is 3. The van der Waals surface area contributed by atoms with Crippen molar-refractivity contribution in [2.24, 2.45) is 11.7 Å². The largest absolute Gasteiger partial charge is 0.346 e. The maximum absolute atomic E-state index is 6.29. The Morgan fingerprint density at radius 2 is 1.95 bits per heavy atom. The molecule has 5 rings (SSSR count). The first-order valence-electron chi connectivity index (χ1n) is 8.14. The van der Waals surface area contributed by atoms with Gasteiger partial charge >= 0.3 is 0 Å². The summed E-state index contributed by atoms with van der Waals surface area (Å²) < 4.78 is 0. The minimum Gasteiger partial charge on any atom is -0.346 e. The summed E-state index contributed by atoms with van der Waals surface area (Å²) in [6.07, 6.45) is 4.58. The molecule has 21 heavy (non-hydrogen) atoms.